The van der Waals surface area contributed by atoms with Crippen LogP contribution in [0, 0.1) is 18.3 Å². The van der Waals surface area contributed by atoms with Crippen LogP contribution in [0.1, 0.15) is 34.7 Å². The molecule has 1 aromatic carbocycles. The number of aryl methyl sites for hydroxylation is 1. The van der Waals surface area contributed by atoms with Crippen LogP contribution in [0.2, 0.25) is 0 Å². The van der Waals surface area contributed by atoms with Crippen molar-refractivity contribution in [2.45, 2.75) is 44.9 Å². The minimum atomic E-state index is -4.24. The summed E-state index contributed by atoms with van der Waals surface area (Å²) < 4.78 is 38.4. The van der Waals surface area contributed by atoms with Gasteiger partial charge >= 0.3 is 6.18 Å². The fraction of sp³-hybridized carbons (Fsp3) is 0.391. The molecule has 0 aliphatic carbocycles. The molecular weight excluding hydrogens is 463 g/mol. The number of aromatic nitrogens is 4. The van der Waals surface area contributed by atoms with Gasteiger partial charge in [0.15, 0.2) is 0 Å². The van der Waals surface area contributed by atoms with E-state index >= 15 is 0 Å². The summed E-state index contributed by atoms with van der Waals surface area (Å²) in [5.41, 5.74) is 3.96. The molecule has 4 heterocycles. The molecule has 0 spiro atoms. The molecule has 1 aliphatic rings. The molecule has 5 rings (SSSR count). The summed E-state index contributed by atoms with van der Waals surface area (Å²) in [5, 5.41) is 13.2. The first-order valence-corrected chi connectivity index (χ1v) is 11.8. The summed E-state index contributed by atoms with van der Waals surface area (Å²) in [5.74, 6) is 0.915. The monoisotopic (exact) mass is 485 g/mol. The van der Waals surface area contributed by atoms with E-state index < -0.39 is 12.6 Å². The Morgan fingerprint density at radius 3 is 2.79 bits per heavy atom. The van der Waals surface area contributed by atoms with Crippen LogP contribution >= 0.6 is 11.3 Å². The Balaban J connectivity index is 1.23. The van der Waals surface area contributed by atoms with Crippen LogP contribution in [0.15, 0.2) is 24.5 Å². The predicted octanol–water partition coefficient (Wildman–Crippen LogP) is 4.93. The zero-order chi connectivity index (χ0) is 23.9. The number of thiophene rings is 1. The normalized spacial score (nSPS) is 15.7. The van der Waals surface area contributed by atoms with Crippen molar-refractivity contribution in [3.8, 4) is 6.07 Å². The number of alkyl halides is 3. The van der Waals surface area contributed by atoms with Gasteiger partial charge in [0.05, 0.1) is 22.8 Å². The number of halogens is 3. The van der Waals surface area contributed by atoms with Crippen molar-refractivity contribution in [2.24, 2.45) is 0 Å². The van der Waals surface area contributed by atoms with Crippen molar-refractivity contribution in [3.05, 3.63) is 46.4 Å². The third kappa shape index (κ3) is 4.69. The number of aromatic amines is 1. The molecule has 11 heteroatoms. The fourth-order valence-corrected chi connectivity index (χ4v) is 5.48. The number of hydrogen-bond acceptors (Lipinski definition) is 7. The number of rotatable bonds is 5. The number of likely N-dealkylation sites (tertiary alicyclic amines) is 1. The van der Waals surface area contributed by atoms with Gasteiger partial charge in [-0.05, 0) is 43.0 Å². The molecule has 34 heavy (non-hydrogen) atoms. The van der Waals surface area contributed by atoms with E-state index in [9.17, 15) is 13.2 Å². The maximum Gasteiger partial charge on any atom is 0.393 e. The van der Waals surface area contributed by atoms with Crippen LogP contribution in [-0.2, 0) is 13.0 Å². The number of nitrogens with zero attached hydrogens (tertiary/aromatic N) is 5. The van der Waals surface area contributed by atoms with Crippen molar-refractivity contribution in [2.75, 3.05) is 18.4 Å². The highest BCUT2D eigenvalue weighted by Gasteiger charge is 2.29. The highest BCUT2D eigenvalue weighted by Crippen LogP contribution is 2.33. The average Bonchev–Trinajstić information content (AvgIpc) is 3.40. The fourth-order valence-electron chi connectivity index (χ4n) is 4.45. The third-order valence-electron chi connectivity index (χ3n) is 6.20. The number of nitriles is 1. The quantitative estimate of drug-likeness (QED) is 0.416. The molecular formula is C23H22F3N7S. The van der Waals surface area contributed by atoms with Crippen molar-refractivity contribution in [3.63, 3.8) is 0 Å². The number of piperidine rings is 1. The van der Waals surface area contributed by atoms with Crippen molar-refractivity contribution >= 4 is 38.4 Å². The molecule has 0 atom stereocenters. The van der Waals surface area contributed by atoms with Gasteiger partial charge in [0.25, 0.3) is 0 Å². The number of benzene rings is 1. The minimum Gasteiger partial charge on any atom is -0.367 e. The van der Waals surface area contributed by atoms with Crippen LogP contribution in [0.4, 0.5) is 19.0 Å². The number of anilines is 1. The first-order valence-electron chi connectivity index (χ1n) is 11.0. The number of hydrogen-bond donors (Lipinski definition) is 2. The standard InChI is InChI=1S/C23H22F3N7S/c1-13-14(2-3-18-20(13)32-19(10-27)31-18)11-33-6-4-15(5-7-33)30-21-17-8-16(9-23(24,25)26)34-22(17)29-12-28-21/h2-3,8,12,15H,4-7,9,11H2,1H3,(H,31,32)(H,28,29,30). The number of imidazole rings is 1. The Kier molecular flexibility index (Phi) is 5.87. The second-order valence-corrected chi connectivity index (χ2v) is 9.70. The lowest BCUT2D eigenvalue weighted by molar-refractivity contribution is -0.126. The van der Waals surface area contributed by atoms with Crippen LogP contribution in [-0.4, -0.2) is 50.1 Å². The molecule has 176 valence electrons. The van der Waals surface area contributed by atoms with Gasteiger partial charge in [0.2, 0.25) is 5.82 Å². The highest BCUT2D eigenvalue weighted by molar-refractivity contribution is 7.18. The highest BCUT2D eigenvalue weighted by atomic mass is 32.1. The van der Waals surface area contributed by atoms with E-state index in [4.69, 9.17) is 5.26 Å². The Hall–Kier alpha value is -3.23. The maximum absolute atomic E-state index is 12.8. The van der Waals surface area contributed by atoms with Gasteiger partial charge in [0, 0.05) is 30.6 Å². The van der Waals surface area contributed by atoms with Gasteiger partial charge in [-0.1, -0.05) is 6.07 Å². The molecule has 4 aromatic rings. The zero-order valence-corrected chi connectivity index (χ0v) is 19.2. The minimum absolute atomic E-state index is 0.188. The van der Waals surface area contributed by atoms with Crippen LogP contribution in [0.25, 0.3) is 21.3 Å². The van der Waals surface area contributed by atoms with Gasteiger partial charge in [-0.15, -0.1) is 11.3 Å². The molecule has 7 nitrogen and oxygen atoms in total. The molecule has 0 bridgehead atoms. The van der Waals surface area contributed by atoms with Gasteiger partial charge in [0.1, 0.15) is 23.0 Å². The summed E-state index contributed by atoms with van der Waals surface area (Å²) in [6.45, 7) is 4.60. The lowest BCUT2D eigenvalue weighted by Crippen LogP contribution is -2.39. The summed E-state index contributed by atoms with van der Waals surface area (Å²) in [4.78, 5) is 19.0. The average molecular weight is 486 g/mol. The third-order valence-corrected chi connectivity index (χ3v) is 7.25. The molecule has 0 saturated carbocycles. The van der Waals surface area contributed by atoms with Gasteiger partial charge in [-0.25, -0.2) is 15.0 Å². The summed E-state index contributed by atoms with van der Waals surface area (Å²) in [7, 11) is 0. The lowest BCUT2D eigenvalue weighted by atomic mass is 10.0. The zero-order valence-electron chi connectivity index (χ0n) is 18.4. The van der Waals surface area contributed by atoms with E-state index in [1.54, 1.807) is 6.07 Å². The molecule has 1 aliphatic heterocycles. The molecule has 1 fully saturated rings. The second kappa shape index (κ2) is 8.85. The Morgan fingerprint density at radius 2 is 2.06 bits per heavy atom. The van der Waals surface area contributed by atoms with Crippen LogP contribution in [0.3, 0.4) is 0 Å². The molecule has 0 radical (unpaired) electrons. The van der Waals surface area contributed by atoms with Crippen molar-refractivity contribution in [1.82, 2.24) is 24.8 Å². The first-order chi connectivity index (χ1) is 16.3. The number of H-pyrrole nitrogens is 1. The smallest absolute Gasteiger partial charge is 0.367 e. The topological polar surface area (TPSA) is 93.5 Å². The Labute approximate surface area is 197 Å². The van der Waals surface area contributed by atoms with E-state index in [-0.39, 0.29) is 10.9 Å². The van der Waals surface area contributed by atoms with Crippen LogP contribution < -0.4 is 5.32 Å². The largest absolute Gasteiger partial charge is 0.393 e. The Bertz CT molecular complexity index is 1380. The van der Waals surface area contributed by atoms with Gasteiger partial charge < -0.3 is 10.3 Å². The van der Waals surface area contributed by atoms with Gasteiger partial charge in [-0.2, -0.15) is 18.4 Å². The lowest BCUT2D eigenvalue weighted by Gasteiger charge is -2.33. The Morgan fingerprint density at radius 1 is 1.26 bits per heavy atom. The van der Waals surface area contributed by atoms with E-state index in [0.29, 0.717) is 21.9 Å². The van der Waals surface area contributed by atoms with Gasteiger partial charge in [-0.3, -0.25) is 4.90 Å². The molecule has 2 N–H and O–H groups in total. The molecule has 0 unspecified atom stereocenters. The maximum atomic E-state index is 12.8. The van der Waals surface area contributed by atoms with E-state index in [1.165, 1.54) is 11.9 Å². The molecule has 0 amide bonds. The molecule has 1 saturated heterocycles. The van der Waals surface area contributed by atoms with Crippen molar-refractivity contribution < 1.29 is 13.2 Å². The van der Waals surface area contributed by atoms with E-state index in [1.807, 2.05) is 19.1 Å². The van der Waals surface area contributed by atoms with E-state index in [0.717, 1.165) is 60.4 Å². The van der Waals surface area contributed by atoms with Crippen LogP contribution in [0.5, 0.6) is 0 Å². The SMILES string of the molecule is Cc1c(CN2CCC(Nc3ncnc4sc(CC(F)(F)F)cc34)CC2)ccc2[nH]c(C#N)nc12. The summed E-state index contributed by atoms with van der Waals surface area (Å²) in [6, 6.07) is 7.83. The van der Waals surface area contributed by atoms with E-state index in [2.05, 4.69) is 36.2 Å². The van der Waals surface area contributed by atoms with Crippen molar-refractivity contribution in [1.29, 1.82) is 5.26 Å². The number of nitrogens with one attached hydrogen (secondary N) is 2. The molecule has 3 aromatic heterocycles. The number of fused-ring (bicyclic) bond motifs is 2. The second-order valence-electron chi connectivity index (χ2n) is 8.58. The predicted molar refractivity (Wildman–Crippen MR) is 125 cm³/mol. The first kappa shape index (κ1) is 22.6. The summed E-state index contributed by atoms with van der Waals surface area (Å²) >= 11 is 1.06. The summed E-state index contributed by atoms with van der Waals surface area (Å²) in [6.07, 6.45) is -2.00.